The summed E-state index contributed by atoms with van der Waals surface area (Å²) in [5.41, 5.74) is 1.48. The third-order valence-corrected chi connectivity index (χ3v) is 3.97. The first-order valence-corrected chi connectivity index (χ1v) is 7.53. The number of nitrogens with one attached hydrogen (secondary N) is 1. The van der Waals surface area contributed by atoms with Gasteiger partial charge in [-0.3, -0.25) is 0 Å². The number of rotatable bonds is 4. The molecule has 4 nitrogen and oxygen atoms in total. The molecule has 0 bridgehead atoms. The zero-order chi connectivity index (χ0) is 15.5. The van der Waals surface area contributed by atoms with E-state index in [1.807, 2.05) is 24.3 Å². The second kappa shape index (κ2) is 6.57. The molecular formula is C15H10Cl3N3O. The van der Waals surface area contributed by atoms with Gasteiger partial charge in [0, 0.05) is 10.6 Å². The van der Waals surface area contributed by atoms with E-state index in [4.69, 9.17) is 39.2 Å². The number of hydrogen-bond acceptors (Lipinski definition) is 4. The van der Waals surface area contributed by atoms with Crippen molar-refractivity contribution in [2.24, 2.45) is 0 Å². The van der Waals surface area contributed by atoms with Crippen molar-refractivity contribution in [3.8, 4) is 11.5 Å². The van der Waals surface area contributed by atoms with Gasteiger partial charge in [0.1, 0.15) is 0 Å². The van der Waals surface area contributed by atoms with Crippen molar-refractivity contribution >= 4 is 40.5 Å². The lowest BCUT2D eigenvalue weighted by molar-refractivity contribution is 0.515. The SMILES string of the molecule is Clc1cccc(-c2nnc(CNc3cccc(Cl)c3Cl)o2)c1. The summed E-state index contributed by atoms with van der Waals surface area (Å²) in [6, 6.07) is 12.6. The van der Waals surface area contributed by atoms with E-state index in [0.717, 1.165) is 5.56 Å². The third-order valence-electron chi connectivity index (χ3n) is 2.92. The Morgan fingerprint density at radius 3 is 2.64 bits per heavy atom. The van der Waals surface area contributed by atoms with Crippen LogP contribution in [0.15, 0.2) is 46.9 Å². The number of halogens is 3. The maximum absolute atomic E-state index is 6.10. The second-order valence-corrected chi connectivity index (χ2v) is 5.69. The van der Waals surface area contributed by atoms with Crippen LogP contribution in [-0.4, -0.2) is 10.2 Å². The van der Waals surface area contributed by atoms with E-state index in [9.17, 15) is 0 Å². The van der Waals surface area contributed by atoms with Crippen LogP contribution in [0.25, 0.3) is 11.5 Å². The molecule has 0 spiro atoms. The number of aromatic nitrogens is 2. The van der Waals surface area contributed by atoms with Crippen LogP contribution in [0, 0.1) is 0 Å². The fourth-order valence-electron chi connectivity index (χ4n) is 1.87. The van der Waals surface area contributed by atoms with Crippen LogP contribution in [0.1, 0.15) is 5.89 Å². The monoisotopic (exact) mass is 353 g/mol. The van der Waals surface area contributed by atoms with Gasteiger partial charge in [-0.1, -0.05) is 46.9 Å². The van der Waals surface area contributed by atoms with Gasteiger partial charge in [-0.25, -0.2) is 0 Å². The lowest BCUT2D eigenvalue weighted by Gasteiger charge is -2.06. The van der Waals surface area contributed by atoms with Crippen molar-refractivity contribution in [3.63, 3.8) is 0 Å². The Morgan fingerprint density at radius 2 is 1.82 bits per heavy atom. The molecule has 1 N–H and O–H groups in total. The first-order valence-electron chi connectivity index (χ1n) is 6.39. The molecule has 3 rings (SSSR count). The predicted molar refractivity (Wildman–Crippen MR) is 88.5 cm³/mol. The Balaban J connectivity index is 1.73. The lowest BCUT2D eigenvalue weighted by Crippen LogP contribution is -2.00. The largest absolute Gasteiger partial charge is 0.419 e. The van der Waals surface area contributed by atoms with Crippen molar-refractivity contribution in [3.05, 3.63) is 63.4 Å². The van der Waals surface area contributed by atoms with Gasteiger partial charge in [0.2, 0.25) is 11.8 Å². The van der Waals surface area contributed by atoms with Crippen LogP contribution in [0.2, 0.25) is 15.1 Å². The number of nitrogens with zero attached hydrogens (tertiary/aromatic N) is 2. The second-order valence-electron chi connectivity index (χ2n) is 4.47. The molecule has 0 atom stereocenters. The molecule has 0 unspecified atom stereocenters. The molecule has 22 heavy (non-hydrogen) atoms. The number of benzene rings is 2. The maximum atomic E-state index is 6.10. The van der Waals surface area contributed by atoms with Crippen molar-refractivity contribution in [1.82, 2.24) is 10.2 Å². The zero-order valence-electron chi connectivity index (χ0n) is 11.2. The Labute approximate surface area is 142 Å². The van der Waals surface area contributed by atoms with Crippen LogP contribution in [0.5, 0.6) is 0 Å². The molecule has 0 amide bonds. The average Bonchev–Trinajstić information content (AvgIpc) is 2.98. The van der Waals surface area contributed by atoms with Gasteiger partial charge < -0.3 is 9.73 Å². The van der Waals surface area contributed by atoms with Crippen molar-refractivity contribution in [2.45, 2.75) is 6.54 Å². The van der Waals surface area contributed by atoms with Gasteiger partial charge in [0.15, 0.2) is 0 Å². The minimum atomic E-state index is 0.341. The van der Waals surface area contributed by atoms with E-state index in [2.05, 4.69) is 15.5 Å². The molecule has 2 aromatic carbocycles. The number of anilines is 1. The summed E-state index contributed by atoms with van der Waals surface area (Å²) >= 11 is 18.0. The van der Waals surface area contributed by atoms with E-state index in [1.165, 1.54) is 0 Å². The van der Waals surface area contributed by atoms with E-state index in [1.54, 1.807) is 18.2 Å². The van der Waals surface area contributed by atoms with Gasteiger partial charge >= 0.3 is 0 Å². The Bertz CT molecular complexity index is 804. The predicted octanol–water partition coefficient (Wildman–Crippen LogP) is 5.31. The third kappa shape index (κ3) is 3.35. The van der Waals surface area contributed by atoms with Crippen LogP contribution in [-0.2, 0) is 6.54 Å². The van der Waals surface area contributed by atoms with Gasteiger partial charge in [0.25, 0.3) is 0 Å². The highest BCUT2D eigenvalue weighted by Gasteiger charge is 2.10. The minimum Gasteiger partial charge on any atom is -0.419 e. The van der Waals surface area contributed by atoms with E-state index in [0.29, 0.717) is 39.1 Å². The molecule has 3 aromatic rings. The topological polar surface area (TPSA) is 51.0 Å². The first-order chi connectivity index (χ1) is 10.6. The van der Waals surface area contributed by atoms with Crippen LogP contribution >= 0.6 is 34.8 Å². The Morgan fingerprint density at radius 1 is 1.00 bits per heavy atom. The van der Waals surface area contributed by atoms with Crippen LogP contribution < -0.4 is 5.32 Å². The van der Waals surface area contributed by atoms with Gasteiger partial charge in [-0.05, 0) is 30.3 Å². The quantitative estimate of drug-likeness (QED) is 0.690. The summed E-state index contributed by atoms with van der Waals surface area (Å²) in [6.07, 6.45) is 0. The summed E-state index contributed by atoms with van der Waals surface area (Å²) < 4.78 is 5.60. The summed E-state index contributed by atoms with van der Waals surface area (Å²) in [6.45, 7) is 0.341. The molecule has 1 heterocycles. The lowest BCUT2D eigenvalue weighted by atomic mass is 10.2. The fourth-order valence-corrected chi connectivity index (χ4v) is 2.43. The molecule has 0 fully saturated rings. The molecular weight excluding hydrogens is 345 g/mol. The standard InChI is InChI=1S/C15H10Cl3N3O/c16-10-4-1-3-9(7-10)15-21-20-13(22-15)8-19-12-6-2-5-11(17)14(12)18/h1-7,19H,8H2. The molecule has 7 heteroatoms. The molecule has 0 aliphatic carbocycles. The van der Waals surface area contributed by atoms with Crippen molar-refractivity contribution in [1.29, 1.82) is 0 Å². The van der Waals surface area contributed by atoms with E-state index >= 15 is 0 Å². The first kappa shape index (κ1) is 15.2. The van der Waals surface area contributed by atoms with Crippen LogP contribution in [0.4, 0.5) is 5.69 Å². The molecule has 0 radical (unpaired) electrons. The zero-order valence-corrected chi connectivity index (χ0v) is 13.5. The molecule has 0 saturated heterocycles. The average molecular weight is 355 g/mol. The molecule has 112 valence electrons. The van der Waals surface area contributed by atoms with Crippen molar-refractivity contribution in [2.75, 3.05) is 5.32 Å². The molecule has 0 aliphatic rings. The molecule has 0 saturated carbocycles. The van der Waals surface area contributed by atoms with Gasteiger partial charge in [-0.2, -0.15) is 0 Å². The highest BCUT2D eigenvalue weighted by atomic mass is 35.5. The smallest absolute Gasteiger partial charge is 0.247 e. The van der Waals surface area contributed by atoms with Gasteiger partial charge in [-0.15, -0.1) is 10.2 Å². The number of hydrogen-bond donors (Lipinski definition) is 1. The minimum absolute atomic E-state index is 0.341. The Kier molecular flexibility index (Phi) is 4.52. The van der Waals surface area contributed by atoms with E-state index in [-0.39, 0.29) is 0 Å². The van der Waals surface area contributed by atoms with Gasteiger partial charge in [0.05, 0.1) is 22.3 Å². The summed E-state index contributed by atoms with van der Waals surface area (Å²) in [5, 5.41) is 12.7. The summed E-state index contributed by atoms with van der Waals surface area (Å²) in [4.78, 5) is 0. The molecule has 0 aliphatic heterocycles. The fraction of sp³-hybridized carbons (Fsp3) is 0.0667. The van der Waals surface area contributed by atoms with Crippen LogP contribution in [0.3, 0.4) is 0 Å². The normalized spacial score (nSPS) is 10.7. The maximum Gasteiger partial charge on any atom is 0.247 e. The summed E-state index contributed by atoms with van der Waals surface area (Å²) in [5.74, 6) is 0.850. The van der Waals surface area contributed by atoms with E-state index < -0.39 is 0 Å². The van der Waals surface area contributed by atoms with Crippen molar-refractivity contribution < 1.29 is 4.42 Å². The highest BCUT2D eigenvalue weighted by Crippen LogP contribution is 2.30. The Hall–Kier alpha value is -1.75. The molecule has 1 aromatic heterocycles. The highest BCUT2D eigenvalue weighted by molar-refractivity contribution is 6.43. The summed E-state index contributed by atoms with van der Waals surface area (Å²) in [7, 11) is 0.